The molecule has 6 N–H and O–H groups in total. The Morgan fingerprint density at radius 2 is 0.937 bits per heavy atom. The van der Waals surface area contributed by atoms with E-state index in [9.17, 15) is 10.1 Å². The lowest BCUT2D eigenvalue weighted by atomic mass is 10.0. The Hall–Kier alpha value is -14.1. The summed E-state index contributed by atoms with van der Waals surface area (Å²) in [6.45, 7) is 42.1. The number of nitriles is 2. The first-order valence-electron chi connectivity index (χ1n) is 46.7. The number of benzene rings is 2. The predicted molar refractivity (Wildman–Crippen MR) is 546 cm³/mol. The van der Waals surface area contributed by atoms with Gasteiger partial charge in [0.15, 0.2) is 16.6 Å². The fourth-order valence-electron chi connectivity index (χ4n) is 14.6. The number of nitrogens with zero attached hydrogens (tertiary/aromatic N) is 21. The largest absolute Gasteiger partial charge is 0.469 e. The molecule has 0 saturated carbocycles. The van der Waals surface area contributed by atoms with E-state index >= 15 is 0 Å². The monoisotopic (exact) mass is 2030 g/mol. The van der Waals surface area contributed by atoms with Gasteiger partial charge in [0, 0.05) is 80.6 Å². The minimum atomic E-state index is -1.71. The number of terminal acetylenes is 1. The van der Waals surface area contributed by atoms with Gasteiger partial charge in [-0.05, 0) is 250 Å². The van der Waals surface area contributed by atoms with Crippen LogP contribution >= 0.6 is 15.9 Å². The number of nitrogens with two attached hydrogens (primary N) is 2. The number of aliphatic hydroxyl groups is 1. The van der Waals surface area contributed by atoms with Gasteiger partial charge in [0.2, 0.25) is 11.9 Å². The molecule has 5 fully saturated rings. The number of anilines is 6. The van der Waals surface area contributed by atoms with Crippen molar-refractivity contribution in [3.8, 4) is 58.4 Å². The van der Waals surface area contributed by atoms with Gasteiger partial charge in [-0.3, -0.25) is 4.79 Å². The van der Waals surface area contributed by atoms with Crippen LogP contribution in [0.5, 0.6) is 0 Å². The van der Waals surface area contributed by atoms with E-state index < -0.39 is 16.6 Å². The van der Waals surface area contributed by atoms with Crippen LogP contribution in [-0.2, 0) is 89.6 Å². The van der Waals surface area contributed by atoms with E-state index in [2.05, 4.69) is 232 Å². The summed E-state index contributed by atoms with van der Waals surface area (Å²) in [5, 5.41) is 42.8. The van der Waals surface area contributed by atoms with Gasteiger partial charge in [-0.25, -0.2) is 49.5 Å². The number of ether oxygens (including phenoxy) is 1. The van der Waals surface area contributed by atoms with Gasteiger partial charge in [0.05, 0.1) is 115 Å². The number of carbonyl (C=O) groups is 1. The fraction of sp³-hybridized carbons (Fsp3) is 0.451. The molecule has 0 radical (unpaired) electrons. The van der Waals surface area contributed by atoms with Gasteiger partial charge < -0.3 is 55.1 Å². The summed E-state index contributed by atoms with van der Waals surface area (Å²) in [5.74, 6) is 9.07. The lowest BCUT2D eigenvalue weighted by molar-refractivity contribution is -0.193. The molecule has 4 atom stereocenters. The predicted octanol–water partition coefficient (Wildman–Crippen LogP) is 16.8. The number of nitrogens with one attached hydrogen (secondary N) is 1. The number of hydrogen-bond donors (Lipinski definition) is 4. The molecule has 4 unspecified atom stereocenters. The summed E-state index contributed by atoms with van der Waals surface area (Å²) >= 11 is 3.37. The van der Waals surface area contributed by atoms with Crippen LogP contribution in [0.4, 0.5) is 35.2 Å². The van der Waals surface area contributed by atoms with Crippen LogP contribution < -0.4 is 36.4 Å². The maximum atomic E-state index is 10.9. The summed E-state index contributed by atoms with van der Waals surface area (Å²) in [5.41, 5.74) is 29.9. The van der Waals surface area contributed by atoms with Crippen LogP contribution in [-0.4, -0.2) is 185 Å². The number of nitrogen functional groups attached to an aromatic ring is 2. The lowest BCUT2D eigenvalue weighted by Gasteiger charge is -2.36. The molecule has 13 heterocycles. The number of azide groups is 1. The van der Waals surface area contributed by atoms with Crippen molar-refractivity contribution in [1.82, 2.24) is 65.2 Å². The molecule has 5 aliphatic heterocycles. The van der Waals surface area contributed by atoms with Crippen molar-refractivity contribution in [3.63, 3.8) is 0 Å². The van der Waals surface area contributed by atoms with Gasteiger partial charge in [-0.2, -0.15) is 48.9 Å². The first kappa shape index (κ1) is 118. The average molecular weight is 2040 g/mol. The zero-order chi connectivity index (χ0) is 105. The minimum Gasteiger partial charge on any atom is -0.469 e. The van der Waals surface area contributed by atoms with Crippen molar-refractivity contribution in [2.75, 3.05) is 104 Å². The number of aromatic nitrogens is 12. The zero-order valence-corrected chi connectivity index (χ0v) is 87.1. The second-order valence-electron chi connectivity index (χ2n) is 36.9. The molecule has 40 heteroatoms. The number of esters is 1. The first-order chi connectivity index (χ1) is 67.9. The number of piperidine rings is 5. The molecule has 752 valence electrons. The van der Waals surface area contributed by atoms with E-state index in [-0.39, 0.29) is 65.1 Å². The second-order valence-corrected chi connectivity index (χ2v) is 47.3. The summed E-state index contributed by atoms with van der Waals surface area (Å²) in [4.78, 5) is 128. The Morgan fingerprint density at radius 1 is 0.528 bits per heavy atom. The molecule has 5 aliphatic rings. The Labute approximate surface area is 841 Å². The first-order valence-corrected chi connectivity index (χ1v) is 53.3. The highest BCUT2D eigenvalue weighted by atomic mass is 79.9. The van der Waals surface area contributed by atoms with E-state index in [1.54, 1.807) is 47.1 Å². The number of hydrogen-bond acceptors (Lipinski definition) is 34. The number of methoxy groups -OCH3 is 1. The quantitative estimate of drug-likeness (QED) is 0.0111. The fourth-order valence-corrected chi connectivity index (χ4v) is 16.9. The number of carbonyl (C=O) groups excluding carboxylic acids is 9. The van der Waals surface area contributed by atoms with Gasteiger partial charge >= 0.3 is 30.6 Å². The SMILES string of the molecule is C#Cc1cc(-c2cccc(C#N)c2)nc(N)n1.CC(C)(C)[Si](C)(C)OCc1cccc(Br)n1.CC1CCCN(c2cccc(CN=[N+]=[N-])n2)C1.CC1CCCN(c2cccc(CO)n2)C1.CC1CCCN(c2cccc(CO[Si](C)(C)C(C)(C)C)n2)C1.COC(=O)C1CCCNC1.N#Cc1cccc(-c2cc(-c3cn(Cc4cccc(N5CCCCC5)n4)nn3)nc(N)n2)c1.O=C=O.O=C=O.O=C=O.O=C=O. The number of pyridine rings is 5. The van der Waals surface area contributed by atoms with Crippen molar-refractivity contribution in [3.05, 3.63) is 218 Å². The van der Waals surface area contributed by atoms with Crippen molar-refractivity contribution >= 4 is 98.3 Å². The normalized spacial score (nSPS) is 15.6. The Kier molecular flexibility index (Phi) is 52.4. The standard InChI is InChI=1S/C24H23N9.C18H32N2OSi.C13H8N4.C12H20BrNOSi.C12H17N5.C12H18N2O.C7H13NO2.4CO2/c25-14-17-6-4-7-18(12-17)20-13-21(29-24(26)28-20)22-16-33(31-30-22)15-19-8-5-9-23(27-19)32-10-2-1-3-11-32;1-15-9-8-12-20(13-15)17-11-7-10-16(19-17)14-21-22(5,6)18(2,3)4;1-2-11-7-12(17-13(15)16-11)10-5-3-4-9(6-10)8-14;1-12(2,3)16(4,5)15-9-10-7-6-8-11(13)14-10;1-10-4-3-7-17(9-10)12-6-2-5-11(15-12)8-14-16-13;1-10-4-3-7-14(8-10)12-6-2-5-11(9-15)13-12;1-10-7(9)6-3-2-4-8-5-6;4*2-1-3/h4-9,12-13,16H,1-3,10-11,15H2,(H2,26,28,29);7,10-11,15H,8-9,12-14H2,1-6H3;1,3-7H,(H2,15,16,17);6-8H,9H2,1-5H3;2,5-6,10H,3-4,7-9H2,1H3;2,5-6,10,15H,3-4,7-9H2,1H3;6,8H,2-5H2,1H3;;;;. The topological polar surface area (TPSA) is 522 Å². The third-order valence-corrected chi connectivity index (χ3v) is 33.4. The van der Waals surface area contributed by atoms with Crippen LogP contribution in [0.1, 0.15) is 178 Å². The zero-order valence-electron chi connectivity index (χ0n) is 83.6. The van der Waals surface area contributed by atoms with Crippen LogP contribution in [0.25, 0.3) is 44.3 Å². The van der Waals surface area contributed by atoms with Crippen molar-refractivity contribution in [2.45, 2.75) is 202 Å². The molecule has 37 nitrogen and oxygen atoms in total. The Morgan fingerprint density at radius 3 is 1.37 bits per heavy atom. The van der Waals surface area contributed by atoms with Gasteiger partial charge in [0.1, 0.15) is 39.3 Å². The number of rotatable bonds is 19. The maximum absolute atomic E-state index is 10.9. The molecule has 0 bridgehead atoms. The molecular weight excluding hydrogens is 1910 g/mol. The highest BCUT2D eigenvalue weighted by Crippen LogP contribution is 2.39. The highest BCUT2D eigenvalue weighted by Gasteiger charge is 2.38. The maximum Gasteiger partial charge on any atom is 0.373 e. The summed E-state index contributed by atoms with van der Waals surface area (Å²) in [6.07, 6.45) is 21.6. The van der Waals surface area contributed by atoms with E-state index in [0.717, 1.165) is 164 Å². The molecule has 15 rings (SSSR count). The van der Waals surface area contributed by atoms with Crippen molar-refractivity contribution in [1.29, 1.82) is 10.5 Å². The van der Waals surface area contributed by atoms with E-state index in [1.165, 1.54) is 64.9 Å². The summed E-state index contributed by atoms with van der Waals surface area (Å²) in [6, 6.07) is 52.0. The Balaban J connectivity index is 0.000000293. The van der Waals surface area contributed by atoms with Crippen LogP contribution in [0.3, 0.4) is 0 Å². The van der Waals surface area contributed by atoms with E-state index in [4.69, 9.17) is 91.0 Å². The molecule has 142 heavy (non-hydrogen) atoms. The Bertz CT molecular complexity index is 5850. The van der Waals surface area contributed by atoms with Gasteiger partial charge in [0.25, 0.3) is 0 Å². The smallest absolute Gasteiger partial charge is 0.373 e. The number of halogens is 1. The molecule has 8 aromatic heterocycles. The molecule has 0 amide bonds. The summed E-state index contributed by atoms with van der Waals surface area (Å²) in [7, 11) is -1.93. The molecule has 0 aliphatic carbocycles. The van der Waals surface area contributed by atoms with Crippen molar-refractivity contribution < 1.29 is 61.8 Å². The lowest BCUT2D eigenvalue weighted by Crippen LogP contribution is -2.40. The third-order valence-electron chi connectivity index (χ3n) is 24.0. The van der Waals surface area contributed by atoms with Gasteiger partial charge in [-0.1, -0.05) is 133 Å². The molecular formula is C102H131BrN24O13Si2. The molecule has 0 spiro atoms. The van der Waals surface area contributed by atoms with E-state index in [1.807, 2.05) is 91.1 Å². The number of aliphatic hydroxyl groups excluding tert-OH is 1. The third kappa shape index (κ3) is 42.5. The van der Waals surface area contributed by atoms with Crippen LogP contribution in [0, 0.1) is 58.7 Å². The summed E-state index contributed by atoms with van der Waals surface area (Å²) < 4.78 is 19.6. The minimum absolute atomic E-state index is 0.0250. The average Bonchev–Trinajstić information content (AvgIpc) is 1.62. The van der Waals surface area contributed by atoms with E-state index in [0.29, 0.717) is 65.9 Å². The highest BCUT2D eigenvalue weighted by molar-refractivity contribution is 9.10. The van der Waals surface area contributed by atoms with Crippen molar-refractivity contribution in [2.24, 2.45) is 28.8 Å². The molecule has 5 saturated heterocycles. The van der Waals surface area contributed by atoms with Crippen LogP contribution in [0.15, 0.2) is 168 Å². The molecule has 2 aromatic carbocycles. The second kappa shape index (κ2) is 62.8. The molecule has 10 aromatic rings. The van der Waals surface area contributed by atoms with Crippen LogP contribution in [0.2, 0.25) is 36.3 Å². The van der Waals surface area contributed by atoms with Gasteiger partial charge in [-0.15, -0.1) is 11.5 Å².